The van der Waals surface area contributed by atoms with Crippen LogP contribution in [0.15, 0.2) is 23.1 Å². The SMILES string of the molecule is O=c1ccc2cnc(NC3CCNC3)nc2[nH]1. The summed E-state index contributed by atoms with van der Waals surface area (Å²) in [7, 11) is 0. The standard InChI is InChI=1S/C11H13N5O/c17-9-2-1-7-5-13-11(16-10(7)15-9)14-8-3-4-12-6-8/h1-2,5,8,12H,3-4,6H2,(H2,13,14,15,16,17). The summed E-state index contributed by atoms with van der Waals surface area (Å²) in [6, 6.07) is 3.55. The Morgan fingerprint density at radius 1 is 1.41 bits per heavy atom. The van der Waals surface area contributed by atoms with Gasteiger partial charge in [0.1, 0.15) is 5.65 Å². The second kappa shape index (κ2) is 4.14. The Hall–Kier alpha value is -1.95. The minimum Gasteiger partial charge on any atom is -0.350 e. The van der Waals surface area contributed by atoms with Gasteiger partial charge in [-0.2, -0.15) is 4.98 Å². The van der Waals surface area contributed by atoms with E-state index >= 15 is 0 Å². The van der Waals surface area contributed by atoms with E-state index in [4.69, 9.17) is 0 Å². The van der Waals surface area contributed by atoms with E-state index in [2.05, 4.69) is 25.6 Å². The monoisotopic (exact) mass is 231 g/mol. The lowest BCUT2D eigenvalue weighted by Gasteiger charge is -2.10. The summed E-state index contributed by atoms with van der Waals surface area (Å²) in [6.07, 6.45) is 2.77. The second-order valence-electron chi connectivity index (χ2n) is 4.15. The van der Waals surface area contributed by atoms with E-state index in [9.17, 15) is 4.79 Å². The zero-order valence-electron chi connectivity index (χ0n) is 9.23. The summed E-state index contributed by atoms with van der Waals surface area (Å²) < 4.78 is 0. The van der Waals surface area contributed by atoms with Gasteiger partial charge in [-0.15, -0.1) is 0 Å². The number of nitrogens with one attached hydrogen (secondary N) is 3. The van der Waals surface area contributed by atoms with Crippen LogP contribution in [-0.2, 0) is 0 Å². The smallest absolute Gasteiger partial charge is 0.249 e. The maximum atomic E-state index is 11.2. The third-order valence-electron chi connectivity index (χ3n) is 2.87. The highest BCUT2D eigenvalue weighted by atomic mass is 16.1. The minimum absolute atomic E-state index is 0.148. The maximum absolute atomic E-state index is 11.2. The average molecular weight is 231 g/mol. The molecule has 0 aliphatic carbocycles. The van der Waals surface area contributed by atoms with Crippen LogP contribution in [0.3, 0.4) is 0 Å². The summed E-state index contributed by atoms with van der Waals surface area (Å²) in [4.78, 5) is 22.4. The third kappa shape index (κ3) is 2.12. The molecular formula is C11H13N5O. The first-order valence-electron chi connectivity index (χ1n) is 5.64. The van der Waals surface area contributed by atoms with Crippen LogP contribution in [0.4, 0.5) is 5.95 Å². The fourth-order valence-electron chi connectivity index (χ4n) is 1.97. The van der Waals surface area contributed by atoms with Crippen LogP contribution in [0.25, 0.3) is 11.0 Å². The van der Waals surface area contributed by atoms with Crippen molar-refractivity contribution in [3.63, 3.8) is 0 Å². The van der Waals surface area contributed by atoms with Gasteiger partial charge in [0.05, 0.1) is 0 Å². The zero-order valence-corrected chi connectivity index (χ0v) is 9.23. The van der Waals surface area contributed by atoms with Crippen LogP contribution in [0.1, 0.15) is 6.42 Å². The van der Waals surface area contributed by atoms with Gasteiger partial charge in [-0.25, -0.2) is 4.98 Å². The molecule has 0 saturated carbocycles. The molecule has 6 heteroatoms. The van der Waals surface area contributed by atoms with Gasteiger partial charge in [0.25, 0.3) is 0 Å². The highest BCUT2D eigenvalue weighted by molar-refractivity contribution is 5.74. The third-order valence-corrected chi connectivity index (χ3v) is 2.87. The van der Waals surface area contributed by atoms with Crippen molar-refractivity contribution in [3.8, 4) is 0 Å². The Balaban J connectivity index is 1.92. The highest BCUT2D eigenvalue weighted by Crippen LogP contribution is 2.10. The Morgan fingerprint density at radius 3 is 3.18 bits per heavy atom. The van der Waals surface area contributed by atoms with E-state index in [0.717, 1.165) is 24.9 Å². The summed E-state index contributed by atoms with van der Waals surface area (Å²) in [5.74, 6) is 0.563. The van der Waals surface area contributed by atoms with E-state index in [-0.39, 0.29) is 5.56 Å². The van der Waals surface area contributed by atoms with E-state index in [1.165, 1.54) is 6.07 Å². The first-order chi connectivity index (χ1) is 8.31. The molecule has 17 heavy (non-hydrogen) atoms. The first-order valence-corrected chi connectivity index (χ1v) is 5.64. The first kappa shape index (κ1) is 10.2. The number of aromatic amines is 1. The number of nitrogens with zero attached hydrogens (tertiary/aromatic N) is 2. The molecule has 0 radical (unpaired) electrons. The fourth-order valence-corrected chi connectivity index (χ4v) is 1.97. The Morgan fingerprint density at radius 2 is 2.35 bits per heavy atom. The van der Waals surface area contributed by atoms with Gasteiger partial charge in [0, 0.05) is 30.2 Å². The molecule has 0 aromatic carbocycles. The maximum Gasteiger partial charge on any atom is 0.249 e. The van der Waals surface area contributed by atoms with Crippen molar-refractivity contribution in [2.24, 2.45) is 0 Å². The zero-order chi connectivity index (χ0) is 11.7. The van der Waals surface area contributed by atoms with Gasteiger partial charge in [-0.1, -0.05) is 0 Å². The molecule has 0 bridgehead atoms. The normalized spacial score (nSPS) is 19.6. The predicted molar refractivity (Wildman–Crippen MR) is 65.1 cm³/mol. The van der Waals surface area contributed by atoms with Crippen molar-refractivity contribution < 1.29 is 0 Å². The molecule has 3 N–H and O–H groups in total. The van der Waals surface area contributed by atoms with Crippen molar-refractivity contribution in [3.05, 3.63) is 28.7 Å². The van der Waals surface area contributed by atoms with Crippen LogP contribution in [-0.4, -0.2) is 34.1 Å². The van der Waals surface area contributed by atoms with Gasteiger partial charge >= 0.3 is 0 Å². The lowest BCUT2D eigenvalue weighted by atomic mass is 10.3. The van der Waals surface area contributed by atoms with Gasteiger partial charge in [0.2, 0.25) is 11.5 Å². The van der Waals surface area contributed by atoms with Crippen LogP contribution >= 0.6 is 0 Å². The Labute approximate surface area is 97.5 Å². The van der Waals surface area contributed by atoms with Crippen LogP contribution in [0, 0.1) is 0 Å². The number of fused-ring (bicyclic) bond motifs is 1. The van der Waals surface area contributed by atoms with E-state index < -0.39 is 0 Å². The number of aromatic nitrogens is 3. The van der Waals surface area contributed by atoms with Crippen LogP contribution < -0.4 is 16.2 Å². The molecule has 0 spiro atoms. The average Bonchev–Trinajstić information content (AvgIpc) is 2.81. The quantitative estimate of drug-likeness (QED) is 0.682. The molecule has 2 aromatic heterocycles. The topological polar surface area (TPSA) is 82.7 Å². The Kier molecular flexibility index (Phi) is 2.49. The van der Waals surface area contributed by atoms with Gasteiger partial charge in [-0.05, 0) is 19.0 Å². The number of hydrogen-bond acceptors (Lipinski definition) is 5. The van der Waals surface area contributed by atoms with Crippen molar-refractivity contribution in [1.82, 2.24) is 20.3 Å². The minimum atomic E-state index is -0.148. The molecule has 0 amide bonds. The number of pyridine rings is 1. The van der Waals surface area contributed by atoms with Crippen molar-refractivity contribution >= 4 is 17.0 Å². The second-order valence-corrected chi connectivity index (χ2v) is 4.15. The molecule has 1 aliphatic rings. The molecule has 1 aliphatic heterocycles. The summed E-state index contributed by atoms with van der Waals surface area (Å²) in [5.41, 5.74) is 0.422. The number of H-pyrrole nitrogens is 1. The number of anilines is 1. The summed E-state index contributed by atoms with van der Waals surface area (Å²) in [6.45, 7) is 1.94. The number of rotatable bonds is 2. The van der Waals surface area contributed by atoms with Crippen LogP contribution in [0.5, 0.6) is 0 Å². The molecule has 3 heterocycles. The molecule has 88 valence electrons. The molecule has 1 unspecified atom stereocenters. The Bertz CT molecular complexity index is 588. The molecule has 3 rings (SSSR count). The molecule has 2 aromatic rings. The molecule has 1 atom stereocenters. The summed E-state index contributed by atoms with van der Waals surface area (Å²) in [5, 5.41) is 7.34. The van der Waals surface area contributed by atoms with Gasteiger partial charge in [-0.3, -0.25) is 4.79 Å². The number of hydrogen-bond donors (Lipinski definition) is 3. The summed E-state index contributed by atoms with van der Waals surface area (Å²) >= 11 is 0. The molecule has 1 fully saturated rings. The van der Waals surface area contributed by atoms with Crippen molar-refractivity contribution in [1.29, 1.82) is 0 Å². The van der Waals surface area contributed by atoms with Crippen molar-refractivity contribution in [2.75, 3.05) is 18.4 Å². The van der Waals surface area contributed by atoms with E-state index in [1.807, 2.05) is 0 Å². The lowest BCUT2D eigenvalue weighted by Crippen LogP contribution is -2.23. The van der Waals surface area contributed by atoms with Crippen LogP contribution in [0.2, 0.25) is 0 Å². The van der Waals surface area contributed by atoms with Gasteiger partial charge in [0.15, 0.2) is 0 Å². The molecule has 6 nitrogen and oxygen atoms in total. The lowest BCUT2D eigenvalue weighted by molar-refractivity contribution is 0.781. The van der Waals surface area contributed by atoms with Gasteiger partial charge < -0.3 is 15.6 Å². The van der Waals surface area contributed by atoms with E-state index in [0.29, 0.717) is 17.6 Å². The predicted octanol–water partition coefficient (Wildman–Crippen LogP) is 0.0919. The molecular weight excluding hydrogens is 218 g/mol. The van der Waals surface area contributed by atoms with E-state index in [1.54, 1.807) is 12.3 Å². The highest BCUT2D eigenvalue weighted by Gasteiger charge is 2.14. The fraction of sp³-hybridized carbons (Fsp3) is 0.364. The molecule has 1 saturated heterocycles. The largest absolute Gasteiger partial charge is 0.350 e. The van der Waals surface area contributed by atoms with Crippen molar-refractivity contribution in [2.45, 2.75) is 12.5 Å².